The van der Waals surface area contributed by atoms with Crippen molar-refractivity contribution in [3.05, 3.63) is 58.5 Å². The van der Waals surface area contributed by atoms with Crippen molar-refractivity contribution in [2.24, 2.45) is 0 Å². The van der Waals surface area contributed by atoms with Crippen molar-refractivity contribution in [3.8, 4) is 23.6 Å². The quantitative estimate of drug-likeness (QED) is 0.507. The maximum Gasteiger partial charge on any atom is 0.169 e. The first-order valence-corrected chi connectivity index (χ1v) is 7.73. The summed E-state index contributed by atoms with van der Waals surface area (Å²) >= 11 is 6.11. The SMILES string of the molecule is C#C/C(=C\C=C(/C)n1nc(CO)cc1-c1ccc(Cl)c(C)c1)OC. The molecule has 0 bridgehead atoms. The molecule has 1 aromatic heterocycles. The molecule has 0 amide bonds. The summed E-state index contributed by atoms with van der Waals surface area (Å²) in [4.78, 5) is 0. The number of rotatable bonds is 5. The molecule has 0 spiro atoms. The van der Waals surface area contributed by atoms with Crippen LogP contribution in [0.2, 0.25) is 5.02 Å². The van der Waals surface area contributed by atoms with E-state index >= 15 is 0 Å². The van der Waals surface area contributed by atoms with Crippen molar-refractivity contribution < 1.29 is 9.84 Å². The van der Waals surface area contributed by atoms with Gasteiger partial charge in [-0.2, -0.15) is 5.10 Å². The van der Waals surface area contributed by atoms with Gasteiger partial charge < -0.3 is 9.84 Å². The molecule has 1 N–H and O–H groups in total. The van der Waals surface area contributed by atoms with E-state index in [9.17, 15) is 5.11 Å². The van der Waals surface area contributed by atoms with Crippen LogP contribution in [0.4, 0.5) is 0 Å². The molecule has 0 radical (unpaired) electrons. The van der Waals surface area contributed by atoms with Gasteiger partial charge in [-0.3, -0.25) is 0 Å². The molecular weight excluding hydrogens is 324 g/mol. The lowest BCUT2D eigenvalue weighted by molar-refractivity contribution is 0.276. The number of allylic oxidation sites excluding steroid dienone is 4. The number of hydrogen-bond acceptors (Lipinski definition) is 3. The predicted molar refractivity (Wildman–Crippen MR) is 97.2 cm³/mol. The van der Waals surface area contributed by atoms with Crippen molar-refractivity contribution in [1.82, 2.24) is 9.78 Å². The van der Waals surface area contributed by atoms with E-state index in [0.717, 1.165) is 22.5 Å². The van der Waals surface area contributed by atoms with Crippen LogP contribution in [0.3, 0.4) is 0 Å². The second-order valence-corrected chi connectivity index (χ2v) is 5.65. The van der Waals surface area contributed by atoms with Crippen LogP contribution in [0.25, 0.3) is 17.0 Å². The van der Waals surface area contributed by atoms with Crippen LogP contribution < -0.4 is 0 Å². The monoisotopic (exact) mass is 342 g/mol. The van der Waals surface area contributed by atoms with E-state index in [1.54, 1.807) is 10.8 Å². The molecule has 2 rings (SSSR count). The minimum atomic E-state index is -0.136. The summed E-state index contributed by atoms with van der Waals surface area (Å²) in [5, 5.41) is 14.6. The zero-order valence-electron chi connectivity index (χ0n) is 13.9. The molecule has 0 saturated heterocycles. The molecule has 5 heteroatoms. The van der Waals surface area contributed by atoms with Gasteiger partial charge in [0.1, 0.15) is 0 Å². The summed E-state index contributed by atoms with van der Waals surface area (Å²) in [6.07, 6.45) is 8.86. The smallest absolute Gasteiger partial charge is 0.169 e. The average molecular weight is 343 g/mol. The van der Waals surface area contributed by atoms with Gasteiger partial charge in [0.05, 0.1) is 25.1 Å². The fraction of sp³-hybridized carbons (Fsp3) is 0.211. The molecule has 0 fully saturated rings. The highest BCUT2D eigenvalue weighted by Crippen LogP contribution is 2.27. The Morgan fingerprint density at radius 2 is 2.17 bits per heavy atom. The average Bonchev–Trinajstić information content (AvgIpc) is 3.02. The van der Waals surface area contributed by atoms with Gasteiger partial charge in [0.25, 0.3) is 0 Å². The maximum atomic E-state index is 9.42. The number of terminal acetylenes is 1. The number of aryl methyl sites for hydroxylation is 1. The van der Waals surface area contributed by atoms with Gasteiger partial charge in [-0.15, -0.1) is 6.42 Å². The van der Waals surface area contributed by atoms with E-state index in [1.165, 1.54) is 7.11 Å². The Morgan fingerprint density at radius 3 is 2.75 bits per heavy atom. The second-order valence-electron chi connectivity index (χ2n) is 5.24. The first-order valence-electron chi connectivity index (χ1n) is 7.36. The first kappa shape index (κ1) is 17.9. The summed E-state index contributed by atoms with van der Waals surface area (Å²) in [6.45, 7) is 3.72. The Balaban J connectivity index is 2.52. The summed E-state index contributed by atoms with van der Waals surface area (Å²) in [6, 6.07) is 7.61. The molecule has 0 saturated carbocycles. The lowest BCUT2D eigenvalue weighted by atomic mass is 10.1. The number of aromatic nitrogens is 2. The summed E-state index contributed by atoms with van der Waals surface area (Å²) in [5.41, 5.74) is 4.22. The first-order chi connectivity index (χ1) is 11.5. The van der Waals surface area contributed by atoms with Crippen LogP contribution in [0, 0.1) is 19.3 Å². The molecule has 2 aromatic rings. The van der Waals surface area contributed by atoms with Gasteiger partial charge in [0, 0.05) is 16.3 Å². The van der Waals surface area contributed by atoms with Crippen molar-refractivity contribution in [2.75, 3.05) is 7.11 Å². The number of aliphatic hydroxyl groups is 1. The van der Waals surface area contributed by atoms with E-state index in [2.05, 4.69) is 11.0 Å². The molecule has 4 nitrogen and oxygen atoms in total. The lowest BCUT2D eigenvalue weighted by Gasteiger charge is -2.09. The number of methoxy groups -OCH3 is 1. The van der Waals surface area contributed by atoms with Gasteiger partial charge in [-0.1, -0.05) is 17.7 Å². The van der Waals surface area contributed by atoms with Gasteiger partial charge in [0.2, 0.25) is 0 Å². The molecule has 0 atom stereocenters. The standard InChI is InChI=1S/C19H19ClN2O2/c1-5-17(24-4)8-6-14(3)22-19(11-16(12-23)21-22)15-7-9-18(20)13(2)10-15/h1,6-11,23H,12H2,2-4H3/b14-6+,17-8+. The van der Waals surface area contributed by atoms with E-state index in [1.807, 2.05) is 44.2 Å². The third-order valence-corrected chi connectivity index (χ3v) is 3.97. The van der Waals surface area contributed by atoms with Crippen LogP contribution in [0.15, 0.2) is 42.2 Å². The van der Waals surface area contributed by atoms with E-state index < -0.39 is 0 Å². The van der Waals surface area contributed by atoms with Crippen LogP contribution in [0.5, 0.6) is 0 Å². The molecule has 0 aliphatic heterocycles. The van der Waals surface area contributed by atoms with Crippen molar-refractivity contribution in [3.63, 3.8) is 0 Å². The second kappa shape index (κ2) is 7.87. The van der Waals surface area contributed by atoms with E-state index in [-0.39, 0.29) is 6.61 Å². The van der Waals surface area contributed by atoms with Crippen molar-refractivity contribution in [2.45, 2.75) is 20.5 Å². The molecule has 1 heterocycles. The van der Waals surface area contributed by atoms with Gasteiger partial charge in [-0.05, 0) is 55.7 Å². The molecule has 124 valence electrons. The third kappa shape index (κ3) is 3.88. The van der Waals surface area contributed by atoms with E-state index in [0.29, 0.717) is 16.5 Å². The normalized spacial score (nSPS) is 12.2. The van der Waals surface area contributed by atoms with Gasteiger partial charge in [-0.25, -0.2) is 4.68 Å². The topological polar surface area (TPSA) is 47.3 Å². The summed E-state index contributed by atoms with van der Waals surface area (Å²) in [5.74, 6) is 2.87. The maximum absolute atomic E-state index is 9.42. The minimum absolute atomic E-state index is 0.136. The number of halogens is 1. The van der Waals surface area contributed by atoms with Crippen LogP contribution >= 0.6 is 11.6 Å². The van der Waals surface area contributed by atoms with Crippen molar-refractivity contribution in [1.29, 1.82) is 0 Å². The third-order valence-electron chi connectivity index (χ3n) is 3.55. The summed E-state index contributed by atoms with van der Waals surface area (Å²) < 4.78 is 6.81. The molecule has 0 aliphatic rings. The summed E-state index contributed by atoms with van der Waals surface area (Å²) in [7, 11) is 1.52. The number of aliphatic hydroxyl groups excluding tert-OH is 1. The zero-order valence-corrected chi connectivity index (χ0v) is 14.6. The molecule has 1 aromatic carbocycles. The Kier molecular flexibility index (Phi) is 5.86. The Morgan fingerprint density at radius 1 is 1.42 bits per heavy atom. The fourth-order valence-electron chi connectivity index (χ4n) is 2.23. The van der Waals surface area contributed by atoms with Crippen LogP contribution in [-0.4, -0.2) is 22.0 Å². The number of ether oxygens (including phenoxy) is 1. The van der Waals surface area contributed by atoms with Crippen LogP contribution in [0.1, 0.15) is 18.2 Å². The Bertz CT molecular complexity index is 842. The highest BCUT2D eigenvalue weighted by atomic mass is 35.5. The molecule has 0 aliphatic carbocycles. The highest BCUT2D eigenvalue weighted by molar-refractivity contribution is 6.31. The van der Waals surface area contributed by atoms with Crippen molar-refractivity contribution >= 4 is 17.3 Å². The molecule has 0 unspecified atom stereocenters. The predicted octanol–water partition coefficient (Wildman–Crippen LogP) is 4.03. The largest absolute Gasteiger partial charge is 0.489 e. The van der Waals surface area contributed by atoms with Crippen LogP contribution in [-0.2, 0) is 11.3 Å². The molecule has 24 heavy (non-hydrogen) atoms. The number of benzene rings is 1. The van der Waals surface area contributed by atoms with E-state index in [4.69, 9.17) is 22.8 Å². The minimum Gasteiger partial charge on any atom is -0.489 e. The Labute approximate surface area is 147 Å². The number of nitrogens with zero attached hydrogens (tertiary/aromatic N) is 2. The lowest BCUT2D eigenvalue weighted by Crippen LogP contribution is -2.00. The fourth-order valence-corrected chi connectivity index (χ4v) is 2.35. The molecular formula is C19H19ClN2O2. The Hall–Kier alpha value is -2.48. The zero-order chi connectivity index (χ0) is 17.7. The highest BCUT2D eigenvalue weighted by Gasteiger charge is 2.12. The van der Waals surface area contributed by atoms with Gasteiger partial charge in [0.15, 0.2) is 5.76 Å². The van der Waals surface area contributed by atoms with Gasteiger partial charge >= 0.3 is 0 Å². The number of hydrogen-bond donors (Lipinski definition) is 1.